The van der Waals surface area contributed by atoms with E-state index in [2.05, 4.69) is 10.6 Å². The Labute approximate surface area is 244 Å². The molecular formula is C31H29F3N4O5. The molecule has 0 radical (unpaired) electrons. The zero-order chi connectivity index (χ0) is 30.5. The summed E-state index contributed by atoms with van der Waals surface area (Å²) in [7, 11) is 0. The van der Waals surface area contributed by atoms with Crippen LogP contribution in [-0.4, -0.2) is 45.3 Å². The molecule has 3 aromatic rings. The summed E-state index contributed by atoms with van der Waals surface area (Å²) in [5, 5.41) is 5.46. The second kappa shape index (κ2) is 10.9. The van der Waals surface area contributed by atoms with E-state index in [9.17, 15) is 32.3 Å². The molecule has 0 aliphatic carbocycles. The first kappa shape index (κ1) is 28.5. The predicted molar refractivity (Wildman–Crippen MR) is 148 cm³/mol. The van der Waals surface area contributed by atoms with Crippen LogP contribution in [0.1, 0.15) is 70.6 Å². The molecule has 43 heavy (non-hydrogen) atoms. The highest BCUT2D eigenvalue weighted by molar-refractivity contribution is 5.99. The first-order valence-electron chi connectivity index (χ1n) is 14.1. The molecule has 6 rings (SSSR count). The fraction of sp³-hybridized carbons (Fsp3) is 0.355. The van der Waals surface area contributed by atoms with Crippen molar-refractivity contribution in [3.05, 3.63) is 98.7 Å². The van der Waals surface area contributed by atoms with Crippen molar-refractivity contribution in [1.29, 1.82) is 0 Å². The molecule has 3 amide bonds. The smallest absolute Gasteiger partial charge is 0.274 e. The van der Waals surface area contributed by atoms with Gasteiger partial charge in [-0.2, -0.15) is 0 Å². The van der Waals surface area contributed by atoms with Gasteiger partial charge >= 0.3 is 0 Å². The lowest BCUT2D eigenvalue weighted by molar-refractivity contribution is -0.120. The number of carbonyl (C=O) groups excluding carboxylic acids is 3. The first-order chi connectivity index (χ1) is 20.6. The van der Waals surface area contributed by atoms with E-state index in [1.807, 2.05) is 13.0 Å². The second-order valence-corrected chi connectivity index (χ2v) is 11.3. The van der Waals surface area contributed by atoms with E-state index in [0.717, 1.165) is 0 Å². The molecule has 2 aromatic carbocycles. The predicted octanol–water partition coefficient (Wildman–Crippen LogP) is 3.60. The van der Waals surface area contributed by atoms with Crippen LogP contribution >= 0.6 is 0 Å². The number of benzene rings is 2. The monoisotopic (exact) mass is 594 g/mol. The Bertz CT molecular complexity index is 1670. The normalized spacial score (nSPS) is 22.7. The van der Waals surface area contributed by atoms with Gasteiger partial charge in [0.1, 0.15) is 29.6 Å². The Morgan fingerprint density at radius 2 is 1.81 bits per heavy atom. The number of carbonyl (C=O) groups is 3. The second-order valence-electron chi connectivity index (χ2n) is 11.3. The fourth-order valence-corrected chi connectivity index (χ4v) is 6.37. The average molecular weight is 595 g/mol. The molecule has 0 saturated carbocycles. The maximum Gasteiger partial charge on any atom is 0.274 e. The molecule has 3 aliphatic rings. The molecule has 9 nitrogen and oxygen atoms in total. The maximum atomic E-state index is 14.3. The van der Waals surface area contributed by atoms with E-state index in [1.165, 1.54) is 6.20 Å². The van der Waals surface area contributed by atoms with Crippen LogP contribution in [0.5, 0.6) is 5.75 Å². The highest BCUT2D eigenvalue weighted by Gasteiger charge is 2.52. The third-order valence-corrected chi connectivity index (χ3v) is 8.73. The molecule has 224 valence electrons. The third-order valence-electron chi connectivity index (χ3n) is 8.73. The van der Waals surface area contributed by atoms with Gasteiger partial charge in [-0.3, -0.25) is 19.2 Å². The van der Waals surface area contributed by atoms with E-state index in [1.54, 1.807) is 33.7 Å². The summed E-state index contributed by atoms with van der Waals surface area (Å²) < 4.78 is 49.4. The van der Waals surface area contributed by atoms with Crippen molar-refractivity contribution in [2.24, 2.45) is 0 Å². The SMILES string of the molecule is C[C@H]1CC[C@]2(CCC(=O)N2)[C@H]2CN1C(=O)c1c(OCc3ccccc3)c(=O)c(C(=O)NCc3c(F)cc(F)cc3F)cn12. The molecule has 2 saturated heterocycles. The number of ether oxygens (including phenoxy) is 1. The minimum absolute atomic E-state index is 0.0290. The molecule has 3 atom stereocenters. The first-order valence-corrected chi connectivity index (χ1v) is 14.1. The molecule has 1 spiro atoms. The average Bonchev–Trinajstić information content (AvgIpc) is 3.30. The molecular weight excluding hydrogens is 565 g/mol. The van der Waals surface area contributed by atoms with Crippen molar-refractivity contribution in [3.63, 3.8) is 0 Å². The van der Waals surface area contributed by atoms with Gasteiger partial charge in [-0.05, 0) is 31.7 Å². The number of amides is 3. The molecule has 0 unspecified atom stereocenters. The van der Waals surface area contributed by atoms with Crippen LogP contribution in [0.25, 0.3) is 0 Å². The zero-order valence-corrected chi connectivity index (χ0v) is 23.3. The Balaban J connectivity index is 1.46. The van der Waals surface area contributed by atoms with Crippen molar-refractivity contribution in [2.45, 2.75) is 63.4 Å². The Hall–Kier alpha value is -4.61. The quantitative estimate of drug-likeness (QED) is 0.454. The zero-order valence-electron chi connectivity index (χ0n) is 23.3. The summed E-state index contributed by atoms with van der Waals surface area (Å²) in [4.78, 5) is 55.3. The lowest BCUT2D eigenvalue weighted by Gasteiger charge is -2.43. The van der Waals surface area contributed by atoms with Gasteiger partial charge in [-0.1, -0.05) is 30.3 Å². The molecule has 1 aromatic heterocycles. The number of aromatic nitrogens is 1. The number of hydrogen-bond donors (Lipinski definition) is 2. The highest BCUT2D eigenvalue weighted by Crippen LogP contribution is 2.44. The minimum Gasteiger partial charge on any atom is -0.483 e. The van der Waals surface area contributed by atoms with E-state index < -0.39 is 63.9 Å². The van der Waals surface area contributed by atoms with Crippen molar-refractivity contribution in [1.82, 2.24) is 20.1 Å². The number of halogens is 3. The van der Waals surface area contributed by atoms with Crippen LogP contribution in [0.4, 0.5) is 13.2 Å². The summed E-state index contributed by atoms with van der Waals surface area (Å²) in [6.45, 7) is 1.42. The Morgan fingerprint density at radius 1 is 1.09 bits per heavy atom. The van der Waals surface area contributed by atoms with Crippen LogP contribution in [0.3, 0.4) is 0 Å². The van der Waals surface area contributed by atoms with Crippen LogP contribution in [0, 0.1) is 17.5 Å². The lowest BCUT2D eigenvalue weighted by atomic mass is 9.83. The van der Waals surface area contributed by atoms with Gasteiger partial charge in [-0.25, -0.2) is 13.2 Å². The van der Waals surface area contributed by atoms with E-state index >= 15 is 0 Å². The van der Waals surface area contributed by atoms with Crippen molar-refractivity contribution in [3.8, 4) is 5.75 Å². The van der Waals surface area contributed by atoms with Crippen molar-refractivity contribution < 1.29 is 32.3 Å². The largest absolute Gasteiger partial charge is 0.483 e. The Morgan fingerprint density at radius 3 is 2.49 bits per heavy atom. The molecule has 2 fully saturated rings. The van der Waals surface area contributed by atoms with Gasteiger partial charge < -0.3 is 24.8 Å². The van der Waals surface area contributed by atoms with E-state index in [0.29, 0.717) is 43.4 Å². The molecule has 3 aliphatic heterocycles. The van der Waals surface area contributed by atoms with E-state index in [-0.39, 0.29) is 36.5 Å². The van der Waals surface area contributed by atoms with Gasteiger partial charge in [0.15, 0.2) is 11.4 Å². The highest BCUT2D eigenvalue weighted by atomic mass is 19.1. The van der Waals surface area contributed by atoms with Crippen LogP contribution < -0.4 is 20.8 Å². The maximum absolute atomic E-state index is 14.3. The number of fused-ring (bicyclic) bond motifs is 5. The molecule has 12 heteroatoms. The molecule has 2 bridgehead atoms. The summed E-state index contributed by atoms with van der Waals surface area (Å²) in [6, 6.07) is 9.25. The van der Waals surface area contributed by atoms with Gasteiger partial charge in [0.05, 0.1) is 11.6 Å². The standard InChI is InChI=1S/C31H29F3N4O5/c1-17-7-9-31(10-8-25(39)36-31)24-15-37(17)30(42)26-28(43-16-18-5-3-2-4-6-18)27(40)21(14-38(24)26)29(41)35-13-20-22(33)11-19(32)12-23(20)34/h2-6,11-12,14,17,24H,7-10,13,15-16H2,1H3,(H,35,41)(H,36,39)/t17-,24+,31-/m0/s1. The van der Waals surface area contributed by atoms with E-state index in [4.69, 9.17) is 4.74 Å². The summed E-state index contributed by atoms with van der Waals surface area (Å²) in [6.07, 6.45) is 3.26. The van der Waals surface area contributed by atoms with Crippen LogP contribution in [0.15, 0.2) is 53.5 Å². The number of nitrogens with one attached hydrogen (secondary N) is 2. The van der Waals surface area contributed by atoms with Crippen LogP contribution in [-0.2, 0) is 17.9 Å². The number of hydrogen-bond acceptors (Lipinski definition) is 5. The summed E-state index contributed by atoms with van der Waals surface area (Å²) in [5.41, 5.74) is -1.90. The summed E-state index contributed by atoms with van der Waals surface area (Å²) in [5.74, 6) is -5.34. The van der Waals surface area contributed by atoms with Gasteiger partial charge in [0, 0.05) is 49.4 Å². The van der Waals surface area contributed by atoms with Crippen molar-refractivity contribution >= 4 is 17.7 Å². The third kappa shape index (κ3) is 5.04. The topological polar surface area (TPSA) is 110 Å². The van der Waals surface area contributed by atoms with Crippen LogP contribution in [0.2, 0.25) is 0 Å². The molecule has 4 heterocycles. The molecule has 2 N–H and O–H groups in total. The lowest BCUT2D eigenvalue weighted by Crippen LogP contribution is -2.56. The summed E-state index contributed by atoms with van der Waals surface area (Å²) >= 11 is 0. The van der Waals surface area contributed by atoms with Gasteiger partial charge in [0.25, 0.3) is 11.8 Å². The van der Waals surface area contributed by atoms with Gasteiger partial charge in [-0.15, -0.1) is 0 Å². The Kier molecular flexibility index (Phi) is 7.23. The number of nitrogens with zero attached hydrogens (tertiary/aromatic N) is 2. The van der Waals surface area contributed by atoms with Gasteiger partial charge in [0.2, 0.25) is 11.3 Å². The van der Waals surface area contributed by atoms with Crippen molar-refractivity contribution in [2.75, 3.05) is 6.54 Å². The minimum atomic E-state index is -1.19. The number of rotatable bonds is 6. The fourth-order valence-electron chi connectivity index (χ4n) is 6.37. The number of pyridine rings is 1.